The molecule has 0 amide bonds. The molecule has 1 saturated heterocycles. The van der Waals surface area contributed by atoms with Gasteiger partial charge in [0.1, 0.15) is 11.9 Å². The van der Waals surface area contributed by atoms with Crippen LogP contribution in [-0.2, 0) is 22.5 Å². The molecule has 0 aliphatic carbocycles. The summed E-state index contributed by atoms with van der Waals surface area (Å²) in [5.41, 5.74) is 2.42. The minimum absolute atomic E-state index is 0.146. The number of rotatable bonds is 9. The van der Waals surface area contributed by atoms with Crippen molar-refractivity contribution in [2.45, 2.75) is 58.5 Å². The quantitative estimate of drug-likeness (QED) is 0.471. The summed E-state index contributed by atoms with van der Waals surface area (Å²) in [5.74, 6) is 0.180. The molecule has 1 aliphatic rings. The average Bonchev–Trinajstić information content (AvgIpc) is 3.16. The molecular formula is C23H32N4O4. The van der Waals surface area contributed by atoms with Crippen LogP contribution in [0.2, 0.25) is 0 Å². The van der Waals surface area contributed by atoms with Gasteiger partial charge in [0, 0.05) is 18.3 Å². The van der Waals surface area contributed by atoms with E-state index in [9.17, 15) is 14.4 Å². The van der Waals surface area contributed by atoms with Gasteiger partial charge in [-0.05, 0) is 75.9 Å². The molecule has 2 heterocycles. The van der Waals surface area contributed by atoms with E-state index < -0.39 is 5.69 Å². The molecule has 8 nitrogen and oxygen atoms in total. The number of ether oxygens (including phenoxy) is 1. The van der Waals surface area contributed by atoms with Crippen LogP contribution in [0.3, 0.4) is 0 Å². The largest absolute Gasteiger partial charge is 0.465 e. The lowest BCUT2D eigenvalue weighted by atomic mass is 10.1. The van der Waals surface area contributed by atoms with Gasteiger partial charge in [0.05, 0.1) is 6.61 Å². The highest BCUT2D eigenvalue weighted by atomic mass is 16.5. The Morgan fingerprint density at radius 3 is 2.74 bits per heavy atom. The lowest BCUT2D eigenvalue weighted by Crippen LogP contribution is -2.35. The van der Waals surface area contributed by atoms with Crippen molar-refractivity contribution in [1.82, 2.24) is 14.5 Å². The van der Waals surface area contributed by atoms with Crippen molar-refractivity contribution in [3.63, 3.8) is 0 Å². The number of aromatic nitrogens is 2. The summed E-state index contributed by atoms with van der Waals surface area (Å²) in [5, 5.41) is 3.10. The second-order valence-corrected chi connectivity index (χ2v) is 8.11. The van der Waals surface area contributed by atoms with Crippen LogP contribution in [0.25, 0.3) is 0 Å². The number of nitrogens with zero attached hydrogens (tertiary/aromatic N) is 2. The minimum Gasteiger partial charge on any atom is -0.465 e. The summed E-state index contributed by atoms with van der Waals surface area (Å²) < 4.78 is 6.51. The zero-order valence-electron chi connectivity index (χ0n) is 18.6. The molecule has 0 saturated carbocycles. The van der Waals surface area contributed by atoms with Gasteiger partial charge >= 0.3 is 11.7 Å². The summed E-state index contributed by atoms with van der Waals surface area (Å²) >= 11 is 0. The van der Waals surface area contributed by atoms with Gasteiger partial charge in [-0.2, -0.15) is 0 Å². The Kier molecular flexibility index (Phi) is 7.68. The standard InChI is InChI=1S/C23H32N4O4/c1-4-17-14-18(10-9-16(17)2)24-20-15-21(28)27(23(30)25-20)12-5-6-13-31-22(29)19-8-7-11-26(19)3/h9-10,14-15,19,24H,4-8,11-13H2,1-3H3,(H,25,30). The third-order valence-corrected chi connectivity index (χ3v) is 5.84. The van der Waals surface area contributed by atoms with Crippen LogP contribution in [0.4, 0.5) is 11.5 Å². The molecule has 0 radical (unpaired) electrons. The maximum Gasteiger partial charge on any atom is 0.329 e. The molecular weight excluding hydrogens is 396 g/mol. The minimum atomic E-state index is -0.456. The van der Waals surface area contributed by atoms with Crippen molar-refractivity contribution < 1.29 is 9.53 Å². The highest BCUT2D eigenvalue weighted by Crippen LogP contribution is 2.18. The molecule has 168 valence electrons. The van der Waals surface area contributed by atoms with Crippen LogP contribution in [0.5, 0.6) is 0 Å². The van der Waals surface area contributed by atoms with Gasteiger partial charge < -0.3 is 10.1 Å². The van der Waals surface area contributed by atoms with E-state index in [0.717, 1.165) is 31.5 Å². The molecule has 1 fully saturated rings. The van der Waals surface area contributed by atoms with Gasteiger partial charge in [0.25, 0.3) is 5.56 Å². The van der Waals surface area contributed by atoms with Crippen molar-refractivity contribution in [2.24, 2.45) is 0 Å². The smallest absolute Gasteiger partial charge is 0.329 e. The van der Waals surface area contributed by atoms with Gasteiger partial charge in [-0.15, -0.1) is 0 Å². The van der Waals surface area contributed by atoms with Crippen molar-refractivity contribution in [1.29, 1.82) is 0 Å². The Balaban J connectivity index is 1.52. The fourth-order valence-corrected chi connectivity index (χ4v) is 3.93. The maximum absolute atomic E-state index is 12.4. The van der Waals surface area contributed by atoms with Crippen LogP contribution in [0, 0.1) is 6.92 Å². The molecule has 3 rings (SSSR count). The first-order chi connectivity index (χ1) is 14.9. The number of hydrogen-bond acceptors (Lipinski definition) is 6. The molecule has 2 N–H and O–H groups in total. The molecule has 1 aromatic heterocycles. The van der Waals surface area contributed by atoms with E-state index >= 15 is 0 Å². The maximum atomic E-state index is 12.4. The number of carbonyl (C=O) groups excluding carboxylic acids is 1. The Bertz CT molecular complexity index is 996. The lowest BCUT2D eigenvalue weighted by molar-refractivity contribution is -0.148. The Hall–Kier alpha value is -2.87. The summed E-state index contributed by atoms with van der Waals surface area (Å²) in [6, 6.07) is 7.20. The van der Waals surface area contributed by atoms with Crippen LogP contribution in [-0.4, -0.2) is 46.7 Å². The predicted molar refractivity (Wildman–Crippen MR) is 121 cm³/mol. The number of esters is 1. The Labute approximate surface area is 182 Å². The van der Waals surface area contributed by atoms with Gasteiger partial charge in [0.15, 0.2) is 0 Å². The molecule has 31 heavy (non-hydrogen) atoms. The van der Waals surface area contributed by atoms with Gasteiger partial charge in [-0.3, -0.25) is 24.0 Å². The number of likely N-dealkylation sites (N-methyl/N-ethyl adjacent to an activating group) is 1. The lowest BCUT2D eigenvalue weighted by Gasteiger charge is -2.17. The first kappa shape index (κ1) is 22.8. The van der Waals surface area contributed by atoms with Crippen LogP contribution < -0.4 is 16.6 Å². The molecule has 2 aromatic rings. The number of likely N-dealkylation sites (tertiary alicyclic amines) is 1. The summed E-state index contributed by atoms with van der Waals surface area (Å²) in [6.07, 6.45) is 3.92. The summed E-state index contributed by atoms with van der Waals surface area (Å²) in [7, 11) is 1.93. The van der Waals surface area contributed by atoms with E-state index in [1.807, 2.05) is 30.1 Å². The first-order valence-electron chi connectivity index (χ1n) is 11.0. The van der Waals surface area contributed by atoms with Crippen LogP contribution in [0.1, 0.15) is 43.7 Å². The van der Waals surface area contributed by atoms with Crippen molar-refractivity contribution in [3.8, 4) is 0 Å². The van der Waals surface area contributed by atoms with E-state index in [1.54, 1.807) is 0 Å². The molecule has 1 aliphatic heterocycles. The second kappa shape index (κ2) is 10.4. The number of carbonyl (C=O) groups is 1. The number of aryl methyl sites for hydroxylation is 2. The Morgan fingerprint density at radius 2 is 2.06 bits per heavy atom. The second-order valence-electron chi connectivity index (χ2n) is 8.11. The first-order valence-corrected chi connectivity index (χ1v) is 11.0. The van der Waals surface area contributed by atoms with Gasteiger partial charge in [0.2, 0.25) is 0 Å². The van der Waals surface area contributed by atoms with Crippen molar-refractivity contribution in [3.05, 3.63) is 56.2 Å². The number of unbranched alkanes of at least 4 members (excludes halogenated alkanes) is 1. The fourth-order valence-electron chi connectivity index (χ4n) is 3.93. The number of nitrogens with one attached hydrogen (secondary N) is 2. The highest BCUT2D eigenvalue weighted by molar-refractivity contribution is 5.76. The monoisotopic (exact) mass is 428 g/mol. The van der Waals surface area contributed by atoms with Gasteiger partial charge in [-0.25, -0.2) is 4.79 Å². The van der Waals surface area contributed by atoms with E-state index in [-0.39, 0.29) is 24.1 Å². The van der Waals surface area contributed by atoms with E-state index in [4.69, 9.17) is 4.74 Å². The van der Waals surface area contributed by atoms with Crippen molar-refractivity contribution in [2.75, 3.05) is 25.5 Å². The fraction of sp³-hybridized carbons (Fsp3) is 0.522. The molecule has 1 aromatic carbocycles. The van der Waals surface area contributed by atoms with Crippen molar-refractivity contribution >= 4 is 17.5 Å². The predicted octanol–water partition coefficient (Wildman–Crippen LogP) is 2.57. The third kappa shape index (κ3) is 5.85. The molecule has 0 bridgehead atoms. The van der Waals surface area contributed by atoms with E-state index in [0.29, 0.717) is 25.3 Å². The third-order valence-electron chi connectivity index (χ3n) is 5.84. The summed E-state index contributed by atoms with van der Waals surface area (Å²) in [6.45, 7) is 5.63. The van der Waals surface area contributed by atoms with Crippen LogP contribution in [0.15, 0.2) is 33.9 Å². The Morgan fingerprint density at radius 1 is 1.26 bits per heavy atom. The number of anilines is 2. The van der Waals surface area contributed by atoms with Gasteiger partial charge in [-0.1, -0.05) is 13.0 Å². The molecule has 1 unspecified atom stereocenters. The molecule has 0 spiro atoms. The zero-order valence-corrected chi connectivity index (χ0v) is 18.6. The number of aromatic amines is 1. The SMILES string of the molecule is CCc1cc(Nc2cc(=O)n(CCCCOC(=O)C3CCCN3C)c(=O)[nH]2)ccc1C. The number of hydrogen-bond donors (Lipinski definition) is 2. The zero-order chi connectivity index (χ0) is 22.4. The normalized spacial score (nSPS) is 16.4. The van der Waals surface area contributed by atoms with E-state index in [2.05, 4.69) is 24.1 Å². The highest BCUT2D eigenvalue weighted by Gasteiger charge is 2.28. The number of H-pyrrole nitrogens is 1. The van der Waals surface area contributed by atoms with Crippen LogP contribution >= 0.6 is 0 Å². The molecule has 1 atom stereocenters. The number of benzene rings is 1. The topological polar surface area (TPSA) is 96.4 Å². The summed E-state index contributed by atoms with van der Waals surface area (Å²) in [4.78, 5) is 41.6. The molecule has 8 heteroatoms. The average molecular weight is 429 g/mol. The van der Waals surface area contributed by atoms with E-state index in [1.165, 1.54) is 21.8 Å².